The monoisotopic (exact) mass is 225 g/mol. The van der Waals surface area contributed by atoms with E-state index in [1.165, 1.54) is 4.88 Å². The first-order valence-corrected chi connectivity index (χ1v) is 6.43. The number of nitrogens with two attached hydrogens (primary N) is 1. The van der Waals surface area contributed by atoms with Crippen molar-refractivity contribution in [3.8, 4) is 0 Å². The second kappa shape index (κ2) is 5.61. The Labute approximate surface area is 95.3 Å². The molecule has 0 amide bonds. The molecule has 15 heavy (non-hydrogen) atoms. The van der Waals surface area contributed by atoms with Crippen LogP contribution in [0.15, 0.2) is 17.5 Å². The number of thiophene rings is 1. The summed E-state index contributed by atoms with van der Waals surface area (Å²) >= 11 is 1.80. The summed E-state index contributed by atoms with van der Waals surface area (Å²) in [6.45, 7) is 5.51. The Morgan fingerprint density at radius 1 is 1.47 bits per heavy atom. The Kier molecular flexibility index (Phi) is 4.14. The van der Waals surface area contributed by atoms with Gasteiger partial charge in [-0.2, -0.15) is 0 Å². The van der Waals surface area contributed by atoms with E-state index in [1.807, 2.05) is 0 Å². The molecule has 0 bridgehead atoms. The zero-order valence-corrected chi connectivity index (χ0v) is 9.80. The first kappa shape index (κ1) is 11.1. The lowest BCUT2D eigenvalue weighted by Crippen LogP contribution is -2.48. The van der Waals surface area contributed by atoms with Crippen molar-refractivity contribution < 1.29 is 0 Å². The van der Waals surface area contributed by atoms with Gasteiger partial charge in [0, 0.05) is 43.6 Å². The summed E-state index contributed by atoms with van der Waals surface area (Å²) in [6, 6.07) is 4.54. The van der Waals surface area contributed by atoms with Crippen LogP contribution in [0.1, 0.15) is 4.88 Å². The highest BCUT2D eigenvalue weighted by Crippen LogP contribution is 2.10. The fourth-order valence-corrected chi connectivity index (χ4v) is 2.78. The summed E-state index contributed by atoms with van der Waals surface area (Å²) in [5.74, 6) is 0. The third kappa shape index (κ3) is 3.57. The predicted molar refractivity (Wildman–Crippen MR) is 65.3 cm³/mol. The average molecular weight is 225 g/mol. The Hall–Kier alpha value is -0.420. The van der Waals surface area contributed by atoms with Gasteiger partial charge < -0.3 is 11.1 Å². The SMILES string of the molecule is NC(Cc1cccs1)CN1CCNCC1. The van der Waals surface area contributed by atoms with Crippen LogP contribution in [0.2, 0.25) is 0 Å². The van der Waals surface area contributed by atoms with Crippen LogP contribution in [0.25, 0.3) is 0 Å². The van der Waals surface area contributed by atoms with Gasteiger partial charge in [-0.1, -0.05) is 6.07 Å². The summed E-state index contributed by atoms with van der Waals surface area (Å²) in [4.78, 5) is 3.85. The molecule has 3 N–H and O–H groups in total. The molecule has 84 valence electrons. The molecule has 0 aromatic carbocycles. The van der Waals surface area contributed by atoms with Gasteiger partial charge in [0.25, 0.3) is 0 Å². The van der Waals surface area contributed by atoms with E-state index in [0.29, 0.717) is 0 Å². The van der Waals surface area contributed by atoms with Crippen LogP contribution in [0.5, 0.6) is 0 Å². The summed E-state index contributed by atoms with van der Waals surface area (Å²) in [6.07, 6.45) is 1.02. The number of rotatable bonds is 4. The molecule has 1 aromatic rings. The second-order valence-electron chi connectivity index (χ2n) is 4.09. The summed E-state index contributed by atoms with van der Waals surface area (Å²) < 4.78 is 0. The maximum atomic E-state index is 6.14. The number of nitrogens with one attached hydrogen (secondary N) is 1. The average Bonchev–Trinajstić information content (AvgIpc) is 2.71. The maximum Gasteiger partial charge on any atom is 0.0216 e. The minimum atomic E-state index is 0.279. The third-order valence-electron chi connectivity index (χ3n) is 2.75. The highest BCUT2D eigenvalue weighted by atomic mass is 32.1. The normalized spacial score (nSPS) is 20.3. The molecule has 0 spiro atoms. The van der Waals surface area contributed by atoms with Crippen molar-refractivity contribution in [2.24, 2.45) is 5.73 Å². The lowest BCUT2D eigenvalue weighted by Gasteiger charge is -2.29. The van der Waals surface area contributed by atoms with E-state index in [9.17, 15) is 0 Å². The van der Waals surface area contributed by atoms with Gasteiger partial charge in [0.2, 0.25) is 0 Å². The van der Waals surface area contributed by atoms with Crippen LogP contribution < -0.4 is 11.1 Å². The fraction of sp³-hybridized carbons (Fsp3) is 0.636. The van der Waals surface area contributed by atoms with Crippen LogP contribution in [0.4, 0.5) is 0 Å². The Morgan fingerprint density at radius 3 is 2.93 bits per heavy atom. The molecular formula is C11H19N3S. The van der Waals surface area contributed by atoms with E-state index in [1.54, 1.807) is 11.3 Å². The van der Waals surface area contributed by atoms with Gasteiger partial charge >= 0.3 is 0 Å². The molecule has 1 saturated heterocycles. The Morgan fingerprint density at radius 2 is 2.27 bits per heavy atom. The molecule has 2 heterocycles. The number of hydrogen-bond acceptors (Lipinski definition) is 4. The van der Waals surface area contributed by atoms with E-state index >= 15 is 0 Å². The topological polar surface area (TPSA) is 41.3 Å². The molecule has 0 saturated carbocycles. The van der Waals surface area contributed by atoms with Crippen LogP contribution in [-0.2, 0) is 6.42 Å². The lowest BCUT2D eigenvalue weighted by molar-refractivity contribution is 0.227. The van der Waals surface area contributed by atoms with Gasteiger partial charge in [-0.3, -0.25) is 4.90 Å². The molecule has 1 unspecified atom stereocenters. The summed E-state index contributed by atoms with van der Waals surface area (Å²) in [5, 5.41) is 5.47. The van der Waals surface area contributed by atoms with E-state index in [2.05, 4.69) is 27.7 Å². The van der Waals surface area contributed by atoms with Gasteiger partial charge in [-0.05, 0) is 17.9 Å². The number of piperazine rings is 1. The van der Waals surface area contributed by atoms with Gasteiger partial charge in [0.1, 0.15) is 0 Å². The largest absolute Gasteiger partial charge is 0.326 e. The van der Waals surface area contributed by atoms with E-state index in [-0.39, 0.29) is 6.04 Å². The zero-order valence-electron chi connectivity index (χ0n) is 8.98. The molecule has 0 aliphatic carbocycles. The molecule has 0 radical (unpaired) electrons. The number of hydrogen-bond donors (Lipinski definition) is 2. The van der Waals surface area contributed by atoms with Crippen molar-refractivity contribution >= 4 is 11.3 Å². The summed E-state index contributed by atoms with van der Waals surface area (Å²) in [5.41, 5.74) is 6.14. The van der Waals surface area contributed by atoms with Gasteiger partial charge in [0.05, 0.1) is 0 Å². The van der Waals surface area contributed by atoms with Crippen LogP contribution in [0, 0.1) is 0 Å². The molecule has 1 aromatic heterocycles. The molecule has 4 heteroatoms. The third-order valence-corrected chi connectivity index (χ3v) is 3.64. The predicted octanol–water partition coefficient (Wildman–Crippen LogP) is 0.523. The molecule has 1 atom stereocenters. The van der Waals surface area contributed by atoms with Crippen LogP contribution in [-0.4, -0.2) is 43.7 Å². The molecule has 1 aliphatic heterocycles. The minimum Gasteiger partial charge on any atom is -0.326 e. The van der Waals surface area contributed by atoms with Crippen molar-refractivity contribution in [2.45, 2.75) is 12.5 Å². The van der Waals surface area contributed by atoms with Crippen molar-refractivity contribution in [1.29, 1.82) is 0 Å². The standard InChI is InChI=1S/C11H19N3S/c12-10(8-11-2-1-7-15-11)9-14-5-3-13-4-6-14/h1-2,7,10,13H,3-6,8-9,12H2. The Bertz CT molecular complexity index is 267. The van der Waals surface area contributed by atoms with E-state index in [4.69, 9.17) is 5.73 Å². The smallest absolute Gasteiger partial charge is 0.0216 e. The van der Waals surface area contributed by atoms with E-state index < -0.39 is 0 Å². The van der Waals surface area contributed by atoms with Crippen LogP contribution in [0.3, 0.4) is 0 Å². The minimum absolute atomic E-state index is 0.279. The second-order valence-corrected chi connectivity index (χ2v) is 5.13. The molecule has 3 nitrogen and oxygen atoms in total. The van der Waals surface area contributed by atoms with Gasteiger partial charge in [-0.15, -0.1) is 11.3 Å². The van der Waals surface area contributed by atoms with Crippen molar-refractivity contribution in [3.05, 3.63) is 22.4 Å². The van der Waals surface area contributed by atoms with Crippen molar-refractivity contribution in [1.82, 2.24) is 10.2 Å². The lowest BCUT2D eigenvalue weighted by atomic mass is 10.1. The first-order chi connectivity index (χ1) is 7.34. The first-order valence-electron chi connectivity index (χ1n) is 5.55. The Balaban J connectivity index is 1.74. The maximum absolute atomic E-state index is 6.14. The molecule has 2 rings (SSSR count). The highest BCUT2D eigenvalue weighted by Gasteiger charge is 2.13. The zero-order chi connectivity index (χ0) is 10.5. The fourth-order valence-electron chi connectivity index (χ4n) is 1.98. The quantitative estimate of drug-likeness (QED) is 0.785. The number of nitrogens with zero attached hydrogens (tertiary/aromatic N) is 1. The molecule has 1 fully saturated rings. The van der Waals surface area contributed by atoms with Crippen molar-refractivity contribution in [2.75, 3.05) is 32.7 Å². The highest BCUT2D eigenvalue weighted by molar-refractivity contribution is 7.09. The van der Waals surface area contributed by atoms with Gasteiger partial charge in [0.15, 0.2) is 0 Å². The summed E-state index contributed by atoms with van der Waals surface area (Å²) in [7, 11) is 0. The molecular weight excluding hydrogens is 206 g/mol. The van der Waals surface area contributed by atoms with Gasteiger partial charge in [-0.25, -0.2) is 0 Å². The van der Waals surface area contributed by atoms with Crippen molar-refractivity contribution in [3.63, 3.8) is 0 Å². The van der Waals surface area contributed by atoms with E-state index in [0.717, 1.165) is 39.1 Å². The molecule has 1 aliphatic rings. The van der Waals surface area contributed by atoms with Crippen LogP contribution >= 0.6 is 11.3 Å².